The van der Waals surface area contributed by atoms with Crippen molar-refractivity contribution in [1.82, 2.24) is 0 Å². The Morgan fingerprint density at radius 3 is 2.81 bits per heavy atom. The van der Waals surface area contributed by atoms with Gasteiger partial charge >= 0.3 is 0 Å². The molecule has 1 aliphatic heterocycles. The number of ether oxygens (including phenoxy) is 2. The molecule has 1 aliphatic rings. The average Bonchev–Trinajstić information content (AvgIpc) is 2.58. The summed E-state index contributed by atoms with van der Waals surface area (Å²) in [4.78, 5) is 0. The first-order valence-corrected chi connectivity index (χ1v) is 7.34. The zero-order chi connectivity index (χ0) is 11.9. The Morgan fingerprint density at radius 2 is 2.19 bits per heavy atom. The highest BCUT2D eigenvalue weighted by molar-refractivity contribution is 9.10. The van der Waals surface area contributed by atoms with Gasteiger partial charge < -0.3 is 9.47 Å². The van der Waals surface area contributed by atoms with Crippen LogP contribution in [0.3, 0.4) is 0 Å². The lowest BCUT2D eigenvalue weighted by Crippen LogP contribution is -2.00. The Labute approximate surface area is 104 Å². The van der Waals surface area contributed by atoms with Crippen molar-refractivity contribution in [2.45, 2.75) is 5.75 Å². The van der Waals surface area contributed by atoms with Crippen molar-refractivity contribution in [2.75, 3.05) is 6.79 Å². The molecule has 16 heavy (non-hydrogen) atoms. The summed E-state index contributed by atoms with van der Waals surface area (Å²) in [5.41, 5.74) is -0.0701. The number of benzene rings is 1. The van der Waals surface area contributed by atoms with Crippen molar-refractivity contribution in [3.63, 3.8) is 0 Å². The Kier molecular flexibility index (Phi) is 3.02. The van der Waals surface area contributed by atoms with Gasteiger partial charge in [-0.1, -0.05) is 15.9 Å². The van der Waals surface area contributed by atoms with E-state index in [1.165, 1.54) is 6.07 Å². The molecule has 0 radical (unpaired) electrons. The smallest absolute Gasteiger partial charge is 0.236 e. The number of hydrogen-bond acceptors (Lipinski definition) is 4. The van der Waals surface area contributed by atoms with E-state index in [2.05, 4.69) is 15.9 Å². The first-order chi connectivity index (χ1) is 7.38. The second kappa shape index (κ2) is 4.05. The summed E-state index contributed by atoms with van der Waals surface area (Å²) in [5, 5.41) is 0. The van der Waals surface area contributed by atoms with Gasteiger partial charge in [0.15, 0.2) is 11.6 Å². The molecular weight excluding hydrogens is 327 g/mol. The van der Waals surface area contributed by atoms with Crippen LogP contribution in [-0.2, 0) is 14.8 Å². The summed E-state index contributed by atoms with van der Waals surface area (Å²) in [6, 6.07) is 1.45. The third-order valence-corrected chi connectivity index (χ3v) is 3.64. The quantitative estimate of drug-likeness (QED) is 0.781. The first kappa shape index (κ1) is 11.9. The van der Waals surface area contributed by atoms with Gasteiger partial charge in [0.1, 0.15) is 0 Å². The third kappa shape index (κ3) is 2.26. The summed E-state index contributed by atoms with van der Waals surface area (Å²) in [5.74, 6) is -1.23. The van der Waals surface area contributed by atoms with E-state index in [0.717, 1.165) is 0 Å². The van der Waals surface area contributed by atoms with E-state index in [-0.39, 0.29) is 28.3 Å². The standard InChI is InChI=1S/C8H5BrClFO4S/c9-5-1-6-8(15-3-14-6)7(11)4(5)2-16(10,12)13/h1H,2-3H2. The molecule has 1 aromatic carbocycles. The van der Waals surface area contributed by atoms with Crippen LogP contribution in [0.15, 0.2) is 10.5 Å². The lowest BCUT2D eigenvalue weighted by Gasteiger charge is -2.06. The van der Waals surface area contributed by atoms with Crippen LogP contribution in [0.25, 0.3) is 0 Å². The van der Waals surface area contributed by atoms with Crippen LogP contribution < -0.4 is 9.47 Å². The largest absolute Gasteiger partial charge is 0.453 e. The van der Waals surface area contributed by atoms with Gasteiger partial charge in [0.2, 0.25) is 21.6 Å². The Hall–Kier alpha value is -0.530. The van der Waals surface area contributed by atoms with Crippen molar-refractivity contribution in [1.29, 1.82) is 0 Å². The highest BCUT2D eigenvalue weighted by Crippen LogP contribution is 2.40. The normalized spacial score (nSPS) is 14.2. The maximum absolute atomic E-state index is 13.8. The van der Waals surface area contributed by atoms with Gasteiger partial charge in [-0.2, -0.15) is 0 Å². The van der Waals surface area contributed by atoms with Gasteiger partial charge in [-0.15, -0.1) is 0 Å². The SMILES string of the molecule is O=S(=O)(Cl)Cc1c(Br)cc2c(c1F)OCO2. The number of hydrogen-bond donors (Lipinski definition) is 0. The Morgan fingerprint density at radius 1 is 1.50 bits per heavy atom. The van der Waals surface area contributed by atoms with E-state index in [9.17, 15) is 12.8 Å². The molecule has 0 aromatic heterocycles. The van der Waals surface area contributed by atoms with E-state index in [4.69, 9.17) is 20.2 Å². The number of fused-ring (bicyclic) bond motifs is 1. The second-order valence-electron chi connectivity index (χ2n) is 3.07. The van der Waals surface area contributed by atoms with Crippen LogP contribution in [-0.4, -0.2) is 15.2 Å². The van der Waals surface area contributed by atoms with Gasteiger partial charge in [-0.25, -0.2) is 12.8 Å². The Bertz CT molecular complexity index is 545. The van der Waals surface area contributed by atoms with Crippen LogP contribution in [0.5, 0.6) is 11.5 Å². The second-order valence-corrected chi connectivity index (χ2v) is 6.70. The molecule has 0 saturated heterocycles. The van der Waals surface area contributed by atoms with Gasteiger partial charge in [0.25, 0.3) is 0 Å². The van der Waals surface area contributed by atoms with E-state index in [1.54, 1.807) is 0 Å². The number of halogens is 3. The summed E-state index contributed by atoms with van der Waals surface area (Å²) in [6.07, 6.45) is 0. The molecule has 0 bridgehead atoms. The van der Waals surface area contributed by atoms with Crippen LogP contribution in [0.2, 0.25) is 0 Å². The van der Waals surface area contributed by atoms with Gasteiger partial charge in [-0.05, 0) is 6.07 Å². The minimum atomic E-state index is -3.83. The molecule has 0 spiro atoms. The van der Waals surface area contributed by atoms with Crippen molar-refractivity contribution in [2.24, 2.45) is 0 Å². The van der Waals surface area contributed by atoms with E-state index in [1.807, 2.05) is 0 Å². The summed E-state index contributed by atoms with van der Waals surface area (Å²) >= 11 is 3.05. The molecule has 2 rings (SSSR count). The minimum Gasteiger partial charge on any atom is -0.453 e. The topological polar surface area (TPSA) is 52.6 Å². The highest BCUT2D eigenvalue weighted by atomic mass is 79.9. The minimum absolute atomic E-state index is 0.0701. The zero-order valence-electron chi connectivity index (χ0n) is 7.67. The molecule has 1 heterocycles. The monoisotopic (exact) mass is 330 g/mol. The molecule has 1 aromatic rings. The predicted molar refractivity (Wildman–Crippen MR) is 58.7 cm³/mol. The van der Waals surface area contributed by atoms with Crippen molar-refractivity contribution < 1.29 is 22.3 Å². The maximum atomic E-state index is 13.8. The maximum Gasteiger partial charge on any atom is 0.236 e. The molecule has 88 valence electrons. The molecule has 0 N–H and O–H groups in total. The number of rotatable bonds is 2. The molecule has 0 atom stereocenters. The fourth-order valence-corrected chi connectivity index (χ4v) is 2.98. The average molecular weight is 332 g/mol. The van der Waals surface area contributed by atoms with E-state index >= 15 is 0 Å². The molecular formula is C8H5BrClFO4S. The van der Waals surface area contributed by atoms with Crippen LogP contribution in [0.1, 0.15) is 5.56 Å². The summed E-state index contributed by atoms with van der Waals surface area (Å²) in [6.45, 7) is -0.0875. The van der Waals surface area contributed by atoms with Gasteiger partial charge in [0, 0.05) is 20.7 Å². The first-order valence-electron chi connectivity index (χ1n) is 4.07. The van der Waals surface area contributed by atoms with Gasteiger partial charge in [-0.3, -0.25) is 0 Å². The predicted octanol–water partition coefficient (Wildman–Crippen LogP) is 2.39. The highest BCUT2D eigenvalue weighted by Gasteiger charge is 2.26. The fraction of sp³-hybridized carbons (Fsp3) is 0.250. The summed E-state index contributed by atoms with van der Waals surface area (Å²) < 4.78 is 45.8. The molecule has 4 nitrogen and oxygen atoms in total. The van der Waals surface area contributed by atoms with Crippen molar-refractivity contribution in [3.05, 3.63) is 21.9 Å². The zero-order valence-corrected chi connectivity index (χ0v) is 10.8. The molecule has 8 heteroatoms. The Balaban J connectivity index is 2.54. The lowest BCUT2D eigenvalue weighted by atomic mass is 10.2. The molecule has 0 unspecified atom stereocenters. The molecule has 0 fully saturated rings. The van der Waals surface area contributed by atoms with Crippen LogP contribution >= 0.6 is 26.6 Å². The van der Waals surface area contributed by atoms with Crippen molar-refractivity contribution in [3.8, 4) is 11.5 Å². The van der Waals surface area contributed by atoms with Gasteiger partial charge in [0.05, 0.1) is 5.75 Å². The molecule has 0 amide bonds. The van der Waals surface area contributed by atoms with Crippen LogP contribution in [0.4, 0.5) is 4.39 Å². The summed E-state index contributed by atoms with van der Waals surface area (Å²) in [7, 11) is 1.24. The lowest BCUT2D eigenvalue weighted by molar-refractivity contribution is 0.171. The van der Waals surface area contributed by atoms with E-state index < -0.39 is 20.6 Å². The fourth-order valence-electron chi connectivity index (χ4n) is 1.32. The van der Waals surface area contributed by atoms with Crippen LogP contribution in [0, 0.1) is 5.82 Å². The van der Waals surface area contributed by atoms with Crippen molar-refractivity contribution >= 4 is 35.7 Å². The van der Waals surface area contributed by atoms with E-state index in [0.29, 0.717) is 0 Å². The molecule has 0 saturated carbocycles. The third-order valence-electron chi connectivity index (χ3n) is 1.97. The molecule has 0 aliphatic carbocycles.